The number of hydrogen-bond donors (Lipinski definition) is 3. The molecule has 0 aromatic heterocycles. The van der Waals surface area contributed by atoms with Crippen LogP contribution in [-0.4, -0.2) is 39.5 Å². The molecular formula is C13H18ClN3O5S. The molecular weight excluding hydrogens is 346 g/mol. The van der Waals surface area contributed by atoms with E-state index >= 15 is 0 Å². The lowest BCUT2D eigenvalue weighted by atomic mass is 10.2. The van der Waals surface area contributed by atoms with E-state index in [0.29, 0.717) is 10.8 Å². The second kappa shape index (κ2) is 7.35. The van der Waals surface area contributed by atoms with E-state index in [4.69, 9.17) is 21.1 Å². The van der Waals surface area contributed by atoms with Gasteiger partial charge in [-0.1, -0.05) is 11.6 Å². The lowest BCUT2D eigenvalue weighted by Gasteiger charge is -2.15. The average molecular weight is 364 g/mol. The summed E-state index contributed by atoms with van der Waals surface area (Å²) < 4.78 is 37.3. The van der Waals surface area contributed by atoms with Gasteiger partial charge in [-0.2, -0.15) is 0 Å². The van der Waals surface area contributed by atoms with Crippen molar-refractivity contribution in [2.24, 2.45) is 0 Å². The smallest absolute Gasteiger partial charge is 0.324 e. The molecule has 23 heavy (non-hydrogen) atoms. The summed E-state index contributed by atoms with van der Waals surface area (Å²) in [4.78, 5) is 11.6. The van der Waals surface area contributed by atoms with Gasteiger partial charge in [0.05, 0.1) is 19.4 Å². The van der Waals surface area contributed by atoms with E-state index in [1.165, 1.54) is 13.2 Å². The third-order valence-electron chi connectivity index (χ3n) is 3.23. The molecule has 2 unspecified atom stereocenters. The summed E-state index contributed by atoms with van der Waals surface area (Å²) in [6.45, 7) is 1.91. The first-order chi connectivity index (χ1) is 10.9. The molecule has 1 aromatic rings. The molecule has 8 nitrogen and oxygen atoms in total. The van der Waals surface area contributed by atoms with Crippen molar-refractivity contribution in [2.45, 2.75) is 24.8 Å². The molecule has 3 N–H and O–H groups in total. The Morgan fingerprint density at radius 1 is 1.43 bits per heavy atom. The molecule has 0 saturated carbocycles. The second-order valence-electron chi connectivity index (χ2n) is 4.81. The van der Waals surface area contributed by atoms with Crippen LogP contribution < -0.4 is 20.3 Å². The van der Waals surface area contributed by atoms with Crippen LogP contribution in [0.5, 0.6) is 5.75 Å². The van der Waals surface area contributed by atoms with Gasteiger partial charge in [0.2, 0.25) is 10.0 Å². The van der Waals surface area contributed by atoms with E-state index < -0.39 is 27.4 Å². The summed E-state index contributed by atoms with van der Waals surface area (Å²) in [6, 6.07) is 3.87. The van der Waals surface area contributed by atoms with Crippen molar-refractivity contribution in [3.8, 4) is 5.75 Å². The van der Waals surface area contributed by atoms with E-state index in [1.807, 2.05) is 0 Å². The Kier molecular flexibility index (Phi) is 5.69. The fourth-order valence-electron chi connectivity index (χ4n) is 2.11. The molecule has 128 valence electrons. The van der Waals surface area contributed by atoms with Gasteiger partial charge in [-0.3, -0.25) is 9.52 Å². The Bertz CT molecular complexity index is 682. The highest BCUT2D eigenvalue weighted by molar-refractivity contribution is 7.93. The molecule has 0 amide bonds. The Balaban J connectivity index is 2.11. The number of carbonyl (C=O) groups excluding carboxylic acids is 1. The Morgan fingerprint density at radius 2 is 2.17 bits per heavy atom. The minimum atomic E-state index is -3.81. The van der Waals surface area contributed by atoms with Crippen molar-refractivity contribution < 1.29 is 22.7 Å². The molecule has 1 fully saturated rings. The Morgan fingerprint density at radius 3 is 2.83 bits per heavy atom. The number of sulfonamides is 1. The van der Waals surface area contributed by atoms with Crippen molar-refractivity contribution in [3.63, 3.8) is 0 Å². The first-order valence-corrected chi connectivity index (χ1v) is 8.82. The van der Waals surface area contributed by atoms with E-state index in [9.17, 15) is 13.2 Å². The Labute approximate surface area is 139 Å². The van der Waals surface area contributed by atoms with Crippen LogP contribution in [0.3, 0.4) is 0 Å². The molecule has 10 heteroatoms. The number of rotatable bonds is 6. The number of hydrogen-bond acceptors (Lipinski definition) is 7. The van der Waals surface area contributed by atoms with Crippen LogP contribution >= 0.6 is 11.6 Å². The average Bonchev–Trinajstić information content (AvgIpc) is 2.98. The Hall–Kier alpha value is -1.55. The van der Waals surface area contributed by atoms with Crippen LogP contribution in [0.15, 0.2) is 18.2 Å². The normalized spacial score (nSPS) is 21.0. The predicted molar refractivity (Wildman–Crippen MR) is 85.6 cm³/mol. The molecule has 1 aliphatic rings. The molecule has 1 saturated heterocycles. The topological polar surface area (TPSA) is 106 Å². The van der Waals surface area contributed by atoms with Crippen molar-refractivity contribution in [1.82, 2.24) is 10.9 Å². The van der Waals surface area contributed by atoms with Gasteiger partial charge in [-0.15, -0.1) is 0 Å². The molecule has 0 bridgehead atoms. The zero-order chi connectivity index (χ0) is 17.0. The third-order valence-corrected chi connectivity index (χ3v) is 5.03. The lowest BCUT2D eigenvalue weighted by Crippen LogP contribution is -2.41. The van der Waals surface area contributed by atoms with Crippen LogP contribution in [0.1, 0.15) is 13.3 Å². The first-order valence-electron chi connectivity index (χ1n) is 6.90. The maximum absolute atomic E-state index is 12.4. The van der Waals surface area contributed by atoms with Crippen LogP contribution in [0.2, 0.25) is 5.02 Å². The molecule has 1 aliphatic heterocycles. The first kappa shape index (κ1) is 17.8. The van der Waals surface area contributed by atoms with Gasteiger partial charge < -0.3 is 9.47 Å². The fourth-order valence-corrected chi connectivity index (χ4v) is 3.56. The van der Waals surface area contributed by atoms with Gasteiger partial charge >= 0.3 is 5.97 Å². The summed E-state index contributed by atoms with van der Waals surface area (Å²) in [5.41, 5.74) is 5.43. The summed E-state index contributed by atoms with van der Waals surface area (Å²) in [7, 11) is -2.39. The van der Waals surface area contributed by atoms with E-state index in [1.54, 1.807) is 19.1 Å². The number of benzene rings is 1. The summed E-state index contributed by atoms with van der Waals surface area (Å²) in [5.74, 6) is -0.163. The van der Waals surface area contributed by atoms with Crippen LogP contribution in [0.25, 0.3) is 0 Å². The number of anilines is 1. The molecule has 1 aromatic carbocycles. The monoisotopic (exact) mass is 363 g/mol. The number of carbonyl (C=O) groups is 1. The maximum Gasteiger partial charge on any atom is 0.324 e. The number of ether oxygens (including phenoxy) is 2. The second-order valence-corrected chi connectivity index (χ2v) is 7.11. The zero-order valence-electron chi connectivity index (χ0n) is 12.6. The maximum atomic E-state index is 12.4. The van der Waals surface area contributed by atoms with Gasteiger partial charge in [0.25, 0.3) is 0 Å². The molecule has 0 spiro atoms. The number of hydrazine groups is 1. The van der Waals surface area contributed by atoms with Crippen molar-refractivity contribution >= 4 is 33.3 Å². The van der Waals surface area contributed by atoms with Gasteiger partial charge in [0.15, 0.2) is 0 Å². The number of halogens is 1. The summed E-state index contributed by atoms with van der Waals surface area (Å²) in [6.07, 6.45) is 0.0387. The van der Waals surface area contributed by atoms with Crippen molar-refractivity contribution in [2.75, 3.05) is 18.4 Å². The minimum absolute atomic E-state index is 0.0387. The lowest BCUT2D eigenvalue weighted by molar-refractivity contribution is -0.145. The van der Waals surface area contributed by atoms with Crippen LogP contribution in [0.4, 0.5) is 5.69 Å². The molecule has 0 radical (unpaired) electrons. The standard InChI is InChI=1S/C13H18ClN3O5S/c1-3-22-13(18)10-7-12(16-15-10)23(19,20)17-9-6-8(14)4-5-11(9)21-2/h4-6,10,12,15-17H,3,7H2,1-2H3. The molecule has 0 aliphatic carbocycles. The quantitative estimate of drug-likeness (QED) is 0.643. The van der Waals surface area contributed by atoms with E-state index in [2.05, 4.69) is 15.6 Å². The highest BCUT2D eigenvalue weighted by Gasteiger charge is 2.38. The highest BCUT2D eigenvalue weighted by Crippen LogP contribution is 2.29. The minimum Gasteiger partial charge on any atom is -0.495 e. The predicted octanol–water partition coefficient (Wildman–Crippen LogP) is 0.846. The summed E-state index contributed by atoms with van der Waals surface area (Å²) >= 11 is 5.88. The van der Waals surface area contributed by atoms with Crippen LogP contribution in [-0.2, 0) is 19.6 Å². The van der Waals surface area contributed by atoms with Crippen LogP contribution in [0, 0.1) is 0 Å². The zero-order valence-corrected chi connectivity index (χ0v) is 14.2. The van der Waals surface area contributed by atoms with E-state index in [-0.39, 0.29) is 18.7 Å². The number of nitrogens with one attached hydrogen (secondary N) is 3. The van der Waals surface area contributed by atoms with Crippen molar-refractivity contribution in [3.05, 3.63) is 23.2 Å². The van der Waals surface area contributed by atoms with Gasteiger partial charge in [0.1, 0.15) is 17.2 Å². The van der Waals surface area contributed by atoms with Gasteiger partial charge in [-0.25, -0.2) is 19.3 Å². The summed E-state index contributed by atoms with van der Waals surface area (Å²) in [5, 5.41) is -0.633. The van der Waals surface area contributed by atoms with Gasteiger partial charge in [0, 0.05) is 11.4 Å². The number of methoxy groups -OCH3 is 1. The van der Waals surface area contributed by atoms with Gasteiger partial charge in [-0.05, 0) is 25.1 Å². The third kappa shape index (κ3) is 4.25. The molecule has 1 heterocycles. The largest absolute Gasteiger partial charge is 0.495 e. The van der Waals surface area contributed by atoms with E-state index in [0.717, 1.165) is 0 Å². The number of esters is 1. The molecule has 2 atom stereocenters. The SMILES string of the molecule is CCOC(=O)C1CC(S(=O)(=O)Nc2cc(Cl)ccc2OC)NN1. The van der Waals surface area contributed by atoms with Crippen molar-refractivity contribution in [1.29, 1.82) is 0 Å². The fraction of sp³-hybridized carbons (Fsp3) is 0.462. The molecule has 2 rings (SSSR count). The highest BCUT2D eigenvalue weighted by atomic mass is 35.5.